The van der Waals surface area contributed by atoms with Crippen molar-refractivity contribution in [1.82, 2.24) is 30.0 Å². The van der Waals surface area contributed by atoms with Crippen LogP contribution in [0.5, 0.6) is 0 Å². The van der Waals surface area contributed by atoms with Crippen molar-refractivity contribution in [3.8, 4) is 16.1 Å². The van der Waals surface area contributed by atoms with Gasteiger partial charge in [-0.25, -0.2) is 9.97 Å². The molecule has 56 heavy (non-hydrogen) atoms. The van der Waals surface area contributed by atoms with Gasteiger partial charge in [0.1, 0.15) is 34.8 Å². The van der Waals surface area contributed by atoms with Crippen molar-refractivity contribution in [3.63, 3.8) is 0 Å². The lowest BCUT2D eigenvalue weighted by Crippen LogP contribution is -2.29. The zero-order valence-electron chi connectivity index (χ0n) is 31.9. The molecule has 14 nitrogen and oxygen atoms in total. The van der Waals surface area contributed by atoms with Crippen LogP contribution in [-0.4, -0.2) is 102 Å². The molecule has 5 aromatic rings. The van der Waals surface area contributed by atoms with E-state index in [1.165, 1.54) is 4.88 Å². The number of hydrogen-bond donors (Lipinski definition) is 3. The van der Waals surface area contributed by atoms with Gasteiger partial charge in [0.2, 0.25) is 5.91 Å². The summed E-state index contributed by atoms with van der Waals surface area (Å²) in [5, 5.41) is 19.7. The summed E-state index contributed by atoms with van der Waals surface area (Å²) in [6.45, 7) is 9.61. The number of halogens is 1. The third kappa shape index (κ3) is 10.0. The molecule has 0 saturated heterocycles. The molecule has 3 N–H and O–H groups in total. The van der Waals surface area contributed by atoms with E-state index in [0.29, 0.717) is 75.8 Å². The molecule has 6 rings (SSSR count). The molecule has 1 atom stereocenters. The van der Waals surface area contributed by atoms with Crippen LogP contribution >= 0.6 is 22.9 Å². The Balaban J connectivity index is 0.863. The highest BCUT2D eigenvalue weighted by molar-refractivity contribution is 7.15. The third-order valence-corrected chi connectivity index (χ3v) is 10.6. The molecular formula is C40H46ClN9O5S. The Morgan fingerprint density at radius 1 is 0.893 bits per heavy atom. The Kier molecular flexibility index (Phi) is 14.3. The number of ether oxygens (including phenoxy) is 3. The molecule has 1 unspecified atom stereocenters. The molecule has 0 aliphatic carbocycles. The molecule has 4 aromatic heterocycles. The van der Waals surface area contributed by atoms with Crippen LogP contribution in [0.1, 0.15) is 51.2 Å². The van der Waals surface area contributed by atoms with Gasteiger partial charge in [0, 0.05) is 76.7 Å². The lowest BCUT2D eigenvalue weighted by atomic mass is 9.99. The van der Waals surface area contributed by atoms with Crippen LogP contribution in [0.15, 0.2) is 59.9 Å². The topological polar surface area (TPSA) is 167 Å². The molecule has 294 valence electrons. The van der Waals surface area contributed by atoms with E-state index in [2.05, 4.69) is 50.0 Å². The van der Waals surface area contributed by atoms with Crippen molar-refractivity contribution in [2.75, 3.05) is 70.4 Å². The second kappa shape index (κ2) is 19.7. The van der Waals surface area contributed by atoms with Crippen LogP contribution in [-0.2, 0) is 30.2 Å². The highest BCUT2D eigenvalue weighted by Gasteiger charge is 2.32. The first-order valence-corrected chi connectivity index (χ1v) is 19.6. The number of amides is 1. The molecule has 16 heteroatoms. The van der Waals surface area contributed by atoms with E-state index in [-0.39, 0.29) is 12.3 Å². The Morgan fingerprint density at radius 2 is 1.59 bits per heavy atom. The van der Waals surface area contributed by atoms with Crippen molar-refractivity contribution in [2.45, 2.75) is 39.7 Å². The molecule has 1 aromatic carbocycles. The first kappa shape index (κ1) is 40.6. The summed E-state index contributed by atoms with van der Waals surface area (Å²) < 4.78 is 19.0. The van der Waals surface area contributed by atoms with Gasteiger partial charge < -0.3 is 35.0 Å². The minimum Gasteiger partial charge on any atom is -0.377 e. The summed E-state index contributed by atoms with van der Waals surface area (Å²) in [6.07, 6.45) is 4.81. The van der Waals surface area contributed by atoms with Gasteiger partial charge in [0.15, 0.2) is 5.82 Å². The number of aryl methyl sites for hydroxylation is 2. The highest BCUT2D eigenvalue weighted by Crippen LogP contribution is 2.39. The number of fused-ring (bicyclic) bond motifs is 3. The number of pyridine rings is 2. The monoisotopic (exact) mass is 799 g/mol. The number of aromatic nitrogens is 5. The number of thiophene rings is 1. The molecular weight excluding hydrogens is 754 g/mol. The average molecular weight is 800 g/mol. The fourth-order valence-electron chi connectivity index (χ4n) is 6.24. The lowest BCUT2D eigenvalue weighted by molar-refractivity contribution is -0.121. The summed E-state index contributed by atoms with van der Waals surface area (Å²) >= 11 is 7.89. The predicted molar refractivity (Wildman–Crippen MR) is 219 cm³/mol. The molecule has 1 aliphatic heterocycles. The SMILES string of the molecule is CNc1ncc(-c2ccc(NCCOCCOCCOCCNC(=O)CC3N=C(c4ccc(Cl)cc4)c4c(sc(C)c4C)-n4c(C)nnc43)nc2)cc1CC=O. The van der Waals surface area contributed by atoms with E-state index in [4.69, 9.17) is 30.8 Å². The second-order valence-corrected chi connectivity index (χ2v) is 14.6. The fourth-order valence-corrected chi connectivity index (χ4v) is 7.58. The van der Waals surface area contributed by atoms with E-state index in [9.17, 15) is 9.59 Å². The number of carbonyl (C=O) groups is 2. The normalized spacial score (nSPS) is 13.4. The van der Waals surface area contributed by atoms with Gasteiger partial charge >= 0.3 is 0 Å². The second-order valence-electron chi connectivity index (χ2n) is 13.0. The predicted octanol–water partition coefficient (Wildman–Crippen LogP) is 5.71. The standard InChI is InChI=1S/C40H46ClN9O5S/c1-25-26(2)56-40-36(25)37(28-5-8-32(41)9-6-28)47-33(39-49-48-27(3)50(39)40)22-35(52)44-13-16-54-18-20-55-19-17-53-15-12-43-34-10-7-30(23-45-34)31-21-29(11-14-51)38(42-4)46-24-31/h5-10,14,21,23-24,33H,11-13,15-20,22H2,1-4H3,(H,42,46)(H,43,45)(H,44,52). The molecule has 5 heterocycles. The molecule has 1 aliphatic rings. The van der Waals surface area contributed by atoms with E-state index >= 15 is 0 Å². The molecule has 0 saturated carbocycles. The number of hydrogen-bond acceptors (Lipinski definition) is 13. The van der Waals surface area contributed by atoms with Crippen LogP contribution in [0.25, 0.3) is 16.1 Å². The molecule has 0 bridgehead atoms. The maximum atomic E-state index is 13.2. The Hall–Kier alpha value is -5.06. The van der Waals surface area contributed by atoms with E-state index in [1.807, 2.05) is 54.0 Å². The Morgan fingerprint density at radius 3 is 2.29 bits per heavy atom. The van der Waals surface area contributed by atoms with E-state index in [0.717, 1.165) is 62.0 Å². The van der Waals surface area contributed by atoms with Crippen LogP contribution < -0.4 is 16.0 Å². The van der Waals surface area contributed by atoms with Crippen molar-refractivity contribution in [3.05, 3.63) is 98.7 Å². The third-order valence-electron chi connectivity index (χ3n) is 9.20. The number of nitrogens with zero attached hydrogens (tertiary/aromatic N) is 6. The van der Waals surface area contributed by atoms with Gasteiger partial charge in [-0.1, -0.05) is 23.7 Å². The minimum absolute atomic E-state index is 0.110. The Bertz CT molecular complexity index is 2140. The van der Waals surface area contributed by atoms with Crippen molar-refractivity contribution < 1.29 is 23.8 Å². The van der Waals surface area contributed by atoms with Gasteiger partial charge in [-0.2, -0.15) is 0 Å². The minimum atomic E-state index is -0.535. The number of aliphatic imine (C=N–C) groups is 1. The summed E-state index contributed by atoms with van der Waals surface area (Å²) in [5.74, 6) is 2.65. The fraction of sp³-hybridized carbons (Fsp3) is 0.375. The summed E-state index contributed by atoms with van der Waals surface area (Å²) in [4.78, 5) is 39.4. The number of nitrogens with one attached hydrogen (secondary N) is 3. The summed E-state index contributed by atoms with van der Waals surface area (Å²) in [6, 6.07) is 12.9. The van der Waals surface area contributed by atoms with Crippen molar-refractivity contribution >= 4 is 52.5 Å². The molecule has 0 radical (unpaired) electrons. The lowest BCUT2D eigenvalue weighted by Gasteiger charge is -2.13. The van der Waals surface area contributed by atoms with Gasteiger partial charge in [0.25, 0.3) is 0 Å². The highest BCUT2D eigenvalue weighted by atomic mass is 35.5. The quantitative estimate of drug-likeness (QED) is 0.0652. The van der Waals surface area contributed by atoms with Crippen molar-refractivity contribution in [2.24, 2.45) is 4.99 Å². The van der Waals surface area contributed by atoms with Crippen LogP contribution in [0.4, 0.5) is 11.6 Å². The maximum absolute atomic E-state index is 13.2. The van der Waals surface area contributed by atoms with Crippen molar-refractivity contribution in [1.29, 1.82) is 0 Å². The van der Waals surface area contributed by atoms with Gasteiger partial charge in [-0.3, -0.25) is 14.4 Å². The van der Waals surface area contributed by atoms with E-state index in [1.54, 1.807) is 30.8 Å². The van der Waals surface area contributed by atoms with Crippen LogP contribution in [0.3, 0.4) is 0 Å². The van der Waals surface area contributed by atoms with Gasteiger partial charge in [-0.05, 0) is 56.7 Å². The number of rotatable bonds is 20. The number of benzene rings is 1. The van der Waals surface area contributed by atoms with Gasteiger partial charge in [-0.15, -0.1) is 21.5 Å². The van der Waals surface area contributed by atoms with Crippen LogP contribution in [0.2, 0.25) is 5.02 Å². The molecule has 1 amide bonds. The molecule has 0 spiro atoms. The number of carbonyl (C=O) groups excluding carboxylic acids is 2. The Labute approximate surface area is 335 Å². The number of aldehydes is 1. The average Bonchev–Trinajstić information content (AvgIpc) is 3.68. The largest absolute Gasteiger partial charge is 0.377 e. The zero-order valence-corrected chi connectivity index (χ0v) is 33.5. The van der Waals surface area contributed by atoms with Gasteiger partial charge in [0.05, 0.1) is 51.8 Å². The smallest absolute Gasteiger partial charge is 0.222 e. The number of anilines is 2. The van der Waals surface area contributed by atoms with Crippen LogP contribution in [0, 0.1) is 20.8 Å². The zero-order chi connectivity index (χ0) is 39.4. The summed E-state index contributed by atoms with van der Waals surface area (Å²) in [7, 11) is 1.78. The first-order valence-electron chi connectivity index (χ1n) is 18.4. The maximum Gasteiger partial charge on any atom is 0.222 e. The molecule has 0 fully saturated rings. The van der Waals surface area contributed by atoms with E-state index < -0.39 is 6.04 Å². The first-order chi connectivity index (χ1) is 27.3. The summed E-state index contributed by atoms with van der Waals surface area (Å²) in [5.41, 5.74) is 6.54.